The minimum absolute atomic E-state index is 0.124. The van der Waals surface area contributed by atoms with Gasteiger partial charge in [0.15, 0.2) is 0 Å². The van der Waals surface area contributed by atoms with Gasteiger partial charge < -0.3 is 14.7 Å². The van der Waals surface area contributed by atoms with Crippen molar-refractivity contribution < 1.29 is 14.6 Å². The summed E-state index contributed by atoms with van der Waals surface area (Å²) in [5.41, 5.74) is 1.50. The number of hydrogen-bond donors (Lipinski definition) is 1. The summed E-state index contributed by atoms with van der Waals surface area (Å²) < 4.78 is 5.72. The number of ether oxygens (including phenoxy) is 1. The first-order chi connectivity index (χ1) is 11.8. The lowest BCUT2D eigenvalue weighted by Gasteiger charge is -2.38. The lowest BCUT2D eigenvalue weighted by atomic mass is 9.75. The first-order valence-electron chi connectivity index (χ1n) is 9.08. The van der Waals surface area contributed by atoms with Crippen LogP contribution in [0.15, 0.2) is 36.7 Å². The van der Waals surface area contributed by atoms with Crippen LogP contribution >= 0.6 is 0 Å². The summed E-state index contributed by atoms with van der Waals surface area (Å²) in [7, 11) is 0. The Kier molecular flexibility index (Phi) is 5.13. The van der Waals surface area contributed by atoms with Gasteiger partial charge in [-0.05, 0) is 57.2 Å². The number of carbonyl (C=O) groups excluding carboxylic acids is 1. The zero-order valence-corrected chi connectivity index (χ0v) is 15.1. The van der Waals surface area contributed by atoms with E-state index in [-0.39, 0.29) is 18.1 Å². The van der Waals surface area contributed by atoms with Crippen LogP contribution in [0, 0.1) is 5.92 Å². The van der Waals surface area contributed by atoms with Crippen LogP contribution in [-0.4, -0.2) is 45.9 Å². The third-order valence-corrected chi connectivity index (χ3v) is 5.46. The molecule has 1 aliphatic heterocycles. The van der Waals surface area contributed by atoms with Crippen molar-refractivity contribution in [3.05, 3.63) is 42.2 Å². The first-order valence-corrected chi connectivity index (χ1v) is 9.08. The van der Waals surface area contributed by atoms with E-state index in [1.165, 1.54) is 5.56 Å². The fraction of sp³-hybridized carbons (Fsp3) is 0.600. The Balaban J connectivity index is 1.55. The summed E-state index contributed by atoms with van der Waals surface area (Å²) in [6, 6.07) is 4.02. The summed E-state index contributed by atoms with van der Waals surface area (Å²) in [6.07, 6.45) is 6.13. The van der Waals surface area contributed by atoms with Crippen molar-refractivity contribution in [2.24, 2.45) is 5.92 Å². The molecule has 2 aliphatic rings. The molecule has 4 unspecified atom stereocenters. The third kappa shape index (κ3) is 4.40. The molecule has 1 amide bonds. The van der Waals surface area contributed by atoms with E-state index in [0.29, 0.717) is 31.8 Å². The van der Waals surface area contributed by atoms with Crippen LogP contribution in [0.5, 0.6) is 0 Å². The SMILES string of the molecule is C=C1CC(C(C)OC(=O)N2CCC(c3ccncc3)C2)CC(C)(O)C1. The van der Waals surface area contributed by atoms with E-state index < -0.39 is 5.60 Å². The fourth-order valence-electron chi connectivity index (χ4n) is 4.19. The first kappa shape index (κ1) is 17.9. The molecule has 4 atom stereocenters. The number of rotatable bonds is 3. The number of carbonyl (C=O) groups is 1. The van der Waals surface area contributed by atoms with Crippen molar-refractivity contribution in [3.8, 4) is 0 Å². The Morgan fingerprint density at radius 2 is 2.20 bits per heavy atom. The smallest absolute Gasteiger partial charge is 0.410 e. The summed E-state index contributed by atoms with van der Waals surface area (Å²) in [5, 5.41) is 10.4. The average molecular weight is 344 g/mol. The van der Waals surface area contributed by atoms with Gasteiger partial charge in [-0.25, -0.2) is 4.79 Å². The van der Waals surface area contributed by atoms with E-state index in [9.17, 15) is 9.90 Å². The molecule has 2 fully saturated rings. The second-order valence-electron chi connectivity index (χ2n) is 7.89. The van der Waals surface area contributed by atoms with Crippen molar-refractivity contribution in [3.63, 3.8) is 0 Å². The molecule has 136 valence electrons. The lowest BCUT2D eigenvalue weighted by Crippen LogP contribution is -2.40. The molecule has 5 nitrogen and oxygen atoms in total. The summed E-state index contributed by atoms with van der Waals surface area (Å²) in [4.78, 5) is 18.4. The third-order valence-electron chi connectivity index (χ3n) is 5.46. The Hall–Kier alpha value is -1.88. The molecule has 0 aromatic carbocycles. The fourth-order valence-corrected chi connectivity index (χ4v) is 4.19. The van der Waals surface area contributed by atoms with Crippen molar-refractivity contribution in [1.29, 1.82) is 0 Å². The minimum atomic E-state index is -0.749. The number of likely N-dealkylation sites (tertiary alicyclic amines) is 1. The largest absolute Gasteiger partial charge is 0.446 e. The van der Waals surface area contributed by atoms with Crippen molar-refractivity contribution in [2.45, 2.75) is 57.2 Å². The predicted octanol–water partition coefficient (Wildman–Crippen LogP) is 3.50. The van der Waals surface area contributed by atoms with E-state index in [1.807, 2.05) is 26.0 Å². The molecule has 1 aromatic heterocycles. The van der Waals surface area contributed by atoms with Gasteiger partial charge in [0.25, 0.3) is 0 Å². The van der Waals surface area contributed by atoms with Gasteiger partial charge in [-0.2, -0.15) is 0 Å². The summed E-state index contributed by atoms with van der Waals surface area (Å²) in [6.45, 7) is 9.18. The van der Waals surface area contributed by atoms with Gasteiger partial charge in [-0.1, -0.05) is 12.2 Å². The van der Waals surface area contributed by atoms with Gasteiger partial charge in [0.05, 0.1) is 5.60 Å². The zero-order valence-electron chi connectivity index (χ0n) is 15.1. The molecule has 5 heteroatoms. The number of hydrogen-bond acceptors (Lipinski definition) is 4. The molecule has 3 rings (SSSR count). The Morgan fingerprint density at radius 1 is 1.48 bits per heavy atom. The molecule has 1 saturated carbocycles. The quantitative estimate of drug-likeness (QED) is 0.853. The molecule has 0 radical (unpaired) electrons. The number of aromatic nitrogens is 1. The molecule has 1 aromatic rings. The maximum Gasteiger partial charge on any atom is 0.410 e. The van der Waals surface area contributed by atoms with Crippen LogP contribution in [0.3, 0.4) is 0 Å². The maximum absolute atomic E-state index is 12.5. The Labute approximate surface area is 149 Å². The van der Waals surface area contributed by atoms with Gasteiger partial charge in [0.2, 0.25) is 0 Å². The highest BCUT2D eigenvalue weighted by atomic mass is 16.6. The lowest BCUT2D eigenvalue weighted by molar-refractivity contribution is -0.0217. The number of nitrogens with zero attached hydrogens (tertiary/aromatic N) is 2. The van der Waals surface area contributed by atoms with E-state index in [2.05, 4.69) is 11.6 Å². The number of pyridine rings is 1. The molecular formula is C20H28N2O3. The number of aliphatic hydroxyl groups is 1. The van der Waals surface area contributed by atoms with Gasteiger partial charge in [-0.3, -0.25) is 4.98 Å². The Bertz CT molecular complexity index is 629. The molecule has 25 heavy (non-hydrogen) atoms. The zero-order chi connectivity index (χ0) is 18.0. The monoisotopic (exact) mass is 344 g/mol. The van der Waals surface area contributed by atoms with E-state index in [4.69, 9.17) is 4.74 Å². The minimum Gasteiger partial charge on any atom is -0.446 e. The molecule has 0 spiro atoms. The van der Waals surface area contributed by atoms with Crippen LogP contribution in [0.25, 0.3) is 0 Å². The van der Waals surface area contributed by atoms with Crippen LogP contribution in [-0.2, 0) is 4.74 Å². The van der Waals surface area contributed by atoms with Crippen LogP contribution in [0.2, 0.25) is 0 Å². The highest BCUT2D eigenvalue weighted by Crippen LogP contribution is 2.37. The maximum atomic E-state index is 12.5. The predicted molar refractivity (Wildman–Crippen MR) is 96.2 cm³/mol. The van der Waals surface area contributed by atoms with E-state index >= 15 is 0 Å². The molecule has 1 N–H and O–H groups in total. The van der Waals surface area contributed by atoms with Gasteiger partial charge >= 0.3 is 6.09 Å². The molecule has 0 bridgehead atoms. The van der Waals surface area contributed by atoms with Crippen LogP contribution in [0.1, 0.15) is 51.0 Å². The Morgan fingerprint density at radius 3 is 2.88 bits per heavy atom. The molecule has 1 saturated heterocycles. The topological polar surface area (TPSA) is 62.7 Å². The number of amides is 1. The highest BCUT2D eigenvalue weighted by Gasteiger charge is 2.37. The van der Waals surface area contributed by atoms with Gasteiger partial charge in [0.1, 0.15) is 6.10 Å². The van der Waals surface area contributed by atoms with Crippen molar-refractivity contribution in [1.82, 2.24) is 9.88 Å². The molecule has 2 heterocycles. The van der Waals surface area contributed by atoms with E-state index in [0.717, 1.165) is 18.4 Å². The van der Waals surface area contributed by atoms with Gasteiger partial charge in [-0.15, -0.1) is 0 Å². The van der Waals surface area contributed by atoms with Gasteiger partial charge in [0, 0.05) is 37.3 Å². The summed E-state index contributed by atoms with van der Waals surface area (Å²) in [5.74, 6) is 0.472. The molecule has 1 aliphatic carbocycles. The standard InChI is InChI=1S/C20H28N2O3/c1-14-10-18(12-20(3,24)11-14)15(2)25-19(23)22-9-6-17(13-22)16-4-7-21-8-5-16/h4-5,7-8,15,17-18,24H,1,6,9-13H2,2-3H3. The van der Waals surface area contributed by atoms with Crippen LogP contribution in [0.4, 0.5) is 4.79 Å². The summed E-state index contributed by atoms with van der Waals surface area (Å²) >= 11 is 0. The normalized spacial score (nSPS) is 31.0. The van der Waals surface area contributed by atoms with Crippen molar-refractivity contribution in [2.75, 3.05) is 13.1 Å². The van der Waals surface area contributed by atoms with E-state index in [1.54, 1.807) is 17.3 Å². The highest BCUT2D eigenvalue weighted by molar-refractivity contribution is 5.68. The molecular weight excluding hydrogens is 316 g/mol. The average Bonchev–Trinajstić information content (AvgIpc) is 3.04. The second-order valence-corrected chi connectivity index (χ2v) is 7.89. The second kappa shape index (κ2) is 7.16. The van der Waals surface area contributed by atoms with Crippen LogP contribution < -0.4 is 0 Å². The van der Waals surface area contributed by atoms with Crippen molar-refractivity contribution >= 4 is 6.09 Å².